The van der Waals surface area contributed by atoms with Gasteiger partial charge < -0.3 is 25.2 Å². The summed E-state index contributed by atoms with van der Waals surface area (Å²) < 4.78 is 10.8. The van der Waals surface area contributed by atoms with E-state index in [0.717, 1.165) is 10.5 Å². The van der Waals surface area contributed by atoms with Crippen LogP contribution in [-0.2, 0) is 48.1 Å². The third-order valence-electron chi connectivity index (χ3n) is 6.93. The Bertz CT molecular complexity index is 1480. The number of carbonyl (C=O) groups excluding carboxylic acids is 5. The molecule has 0 bridgehead atoms. The molecule has 3 atom stereocenters. The summed E-state index contributed by atoms with van der Waals surface area (Å²) in [6.45, 7) is 5.85. The zero-order valence-electron chi connectivity index (χ0n) is 27.2. The molecule has 0 saturated heterocycles. The molecule has 3 rings (SSSR count). The van der Waals surface area contributed by atoms with E-state index in [2.05, 4.69) is 10.6 Å². The lowest BCUT2D eigenvalue weighted by molar-refractivity contribution is -0.154. The number of carbonyl (C=O) groups is 5. The fourth-order valence-electron chi connectivity index (χ4n) is 4.69. The Morgan fingerprint density at radius 3 is 1.79 bits per heavy atom. The van der Waals surface area contributed by atoms with Crippen LogP contribution in [0.3, 0.4) is 0 Å². The largest absolute Gasteiger partial charge is 0.459 e. The lowest BCUT2D eigenvalue weighted by Gasteiger charge is -2.33. The van der Waals surface area contributed by atoms with Gasteiger partial charge in [-0.3, -0.25) is 19.3 Å². The van der Waals surface area contributed by atoms with Gasteiger partial charge in [-0.2, -0.15) is 0 Å². The van der Waals surface area contributed by atoms with Crippen LogP contribution in [0.5, 0.6) is 0 Å². The van der Waals surface area contributed by atoms with Crippen molar-refractivity contribution in [3.8, 4) is 0 Å². The van der Waals surface area contributed by atoms with E-state index < -0.39 is 66.5 Å². The first-order chi connectivity index (χ1) is 22.4. The van der Waals surface area contributed by atoms with Gasteiger partial charge in [0.25, 0.3) is 5.91 Å². The molecule has 0 heterocycles. The standard InChI is InChI=1S/C36H43N3O8/c1-25(34(44)46-24-28-18-12-7-13-19-28)37-32(42)30(23-27-16-10-6-11-17-27)39(31(41)20-21-40)33(43)29(22-26-14-8-5-9-15-26)38-35(45)47-36(2,3)4/h5-19,25,29-30,40H,20-24H2,1-4H3,(H,37,42)(H,38,45)/t25-,29-,30-/m1/s1. The number of imide groups is 1. The van der Waals surface area contributed by atoms with E-state index in [0.29, 0.717) is 11.1 Å². The molecule has 4 amide bonds. The van der Waals surface area contributed by atoms with Crippen LogP contribution in [0.15, 0.2) is 91.0 Å². The summed E-state index contributed by atoms with van der Waals surface area (Å²) >= 11 is 0. The first-order valence-electron chi connectivity index (χ1n) is 15.4. The maximum absolute atomic E-state index is 14.4. The van der Waals surface area contributed by atoms with Crippen molar-refractivity contribution in [3.63, 3.8) is 0 Å². The summed E-state index contributed by atoms with van der Waals surface area (Å²) in [6, 6.07) is 22.7. The van der Waals surface area contributed by atoms with Crippen LogP contribution in [0.4, 0.5) is 4.79 Å². The average Bonchev–Trinajstić information content (AvgIpc) is 3.03. The predicted molar refractivity (Wildman–Crippen MR) is 175 cm³/mol. The van der Waals surface area contributed by atoms with Crippen LogP contribution < -0.4 is 10.6 Å². The third kappa shape index (κ3) is 12.0. The summed E-state index contributed by atoms with van der Waals surface area (Å²) in [6.07, 6.45) is -1.49. The first kappa shape index (κ1) is 36.4. The quantitative estimate of drug-likeness (QED) is 0.225. The van der Waals surface area contributed by atoms with Gasteiger partial charge >= 0.3 is 12.1 Å². The average molecular weight is 646 g/mol. The van der Waals surface area contributed by atoms with E-state index in [1.165, 1.54) is 6.92 Å². The van der Waals surface area contributed by atoms with E-state index in [9.17, 15) is 29.1 Å². The first-order valence-corrected chi connectivity index (χ1v) is 15.4. The summed E-state index contributed by atoms with van der Waals surface area (Å²) in [5.74, 6) is -3.23. The van der Waals surface area contributed by atoms with E-state index in [1.54, 1.807) is 106 Å². The molecule has 0 aliphatic heterocycles. The van der Waals surface area contributed by atoms with Gasteiger partial charge in [-0.1, -0.05) is 91.0 Å². The monoisotopic (exact) mass is 645 g/mol. The maximum atomic E-state index is 14.4. The number of aliphatic hydroxyl groups is 1. The molecule has 250 valence electrons. The summed E-state index contributed by atoms with van der Waals surface area (Å²) in [5.41, 5.74) is 1.18. The number of esters is 1. The minimum absolute atomic E-state index is 0.00950. The van der Waals surface area contributed by atoms with Crippen LogP contribution in [0.1, 0.15) is 50.8 Å². The van der Waals surface area contributed by atoms with Gasteiger partial charge in [-0.15, -0.1) is 0 Å². The van der Waals surface area contributed by atoms with Crippen molar-refractivity contribution in [2.75, 3.05) is 6.61 Å². The zero-order valence-corrected chi connectivity index (χ0v) is 27.2. The minimum atomic E-state index is -1.45. The van der Waals surface area contributed by atoms with Gasteiger partial charge in [0.15, 0.2) is 0 Å². The number of hydrogen-bond acceptors (Lipinski definition) is 8. The van der Waals surface area contributed by atoms with Crippen molar-refractivity contribution in [1.29, 1.82) is 0 Å². The molecule has 11 nitrogen and oxygen atoms in total. The molecule has 0 aliphatic carbocycles. The van der Waals surface area contributed by atoms with Crippen LogP contribution in [0.25, 0.3) is 0 Å². The molecular formula is C36H43N3O8. The molecule has 0 unspecified atom stereocenters. The van der Waals surface area contributed by atoms with Gasteiger partial charge in [-0.25, -0.2) is 9.59 Å². The van der Waals surface area contributed by atoms with Gasteiger partial charge in [0, 0.05) is 12.8 Å². The molecule has 11 heteroatoms. The number of aliphatic hydroxyl groups excluding tert-OH is 1. The molecule has 0 saturated carbocycles. The fraction of sp³-hybridized carbons (Fsp3) is 0.361. The summed E-state index contributed by atoms with van der Waals surface area (Å²) in [4.78, 5) is 68.4. The summed E-state index contributed by atoms with van der Waals surface area (Å²) in [5, 5.41) is 14.9. The van der Waals surface area contributed by atoms with Crippen molar-refractivity contribution >= 4 is 29.8 Å². The van der Waals surface area contributed by atoms with Gasteiger partial charge in [0.05, 0.1) is 13.0 Å². The number of hydrogen-bond donors (Lipinski definition) is 3. The Hall–Kier alpha value is -5.03. The van der Waals surface area contributed by atoms with Crippen molar-refractivity contribution in [2.45, 2.75) is 77.3 Å². The Morgan fingerprint density at radius 1 is 0.766 bits per heavy atom. The summed E-state index contributed by atoms with van der Waals surface area (Å²) in [7, 11) is 0. The highest BCUT2D eigenvalue weighted by molar-refractivity contribution is 6.03. The molecular weight excluding hydrogens is 602 g/mol. The second-order valence-electron chi connectivity index (χ2n) is 12.0. The molecule has 0 fully saturated rings. The number of nitrogens with zero attached hydrogens (tertiary/aromatic N) is 1. The molecule has 3 aromatic rings. The van der Waals surface area contributed by atoms with Gasteiger partial charge in [0.1, 0.15) is 30.3 Å². The Morgan fingerprint density at radius 2 is 1.28 bits per heavy atom. The molecule has 0 spiro atoms. The number of amides is 4. The number of nitrogens with one attached hydrogen (secondary N) is 2. The van der Waals surface area contributed by atoms with E-state index in [-0.39, 0.29) is 19.4 Å². The highest BCUT2D eigenvalue weighted by atomic mass is 16.6. The van der Waals surface area contributed by atoms with Crippen LogP contribution in [0.2, 0.25) is 0 Å². The van der Waals surface area contributed by atoms with E-state index in [1.807, 2.05) is 6.07 Å². The number of benzene rings is 3. The number of rotatable bonds is 14. The lowest BCUT2D eigenvalue weighted by Crippen LogP contribution is -2.60. The SMILES string of the molecule is C[C@@H](NC(=O)[C@@H](Cc1ccccc1)N(C(=O)CCO)C(=O)[C@@H](Cc1ccccc1)NC(=O)OC(C)(C)C)C(=O)OCc1ccccc1. The molecule has 47 heavy (non-hydrogen) atoms. The lowest BCUT2D eigenvalue weighted by atomic mass is 9.99. The second kappa shape index (κ2) is 17.6. The van der Waals surface area contributed by atoms with Crippen molar-refractivity contribution in [1.82, 2.24) is 15.5 Å². The maximum Gasteiger partial charge on any atom is 0.408 e. The normalized spacial score (nSPS) is 13.0. The topological polar surface area (TPSA) is 151 Å². The van der Waals surface area contributed by atoms with E-state index in [4.69, 9.17) is 9.47 Å². The fourth-order valence-corrected chi connectivity index (χ4v) is 4.69. The van der Waals surface area contributed by atoms with Crippen molar-refractivity contribution in [3.05, 3.63) is 108 Å². The smallest absolute Gasteiger partial charge is 0.408 e. The highest BCUT2D eigenvalue weighted by Crippen LogP contribution is 2.17. The molecule has 0 radical (unpaired) electrons. The third-order valence-corrected chi connectivity index (χ3v) is 6.93. The number of alkyl carbamates (subject to hydrolysis) is 1. The Kier molecular flexibility index (Phi) is 13.7. The minimum Gasteiger partial charge on any atom is -0.459 e. The molecule has 0 aliphatic rings. The van der Waals surface area contributed by atoms with Gasteiger partial charge in [0.2, 0.25) is 11.8 Å². The van der Waals surface area contributed by atoms with Crippen LogP contribution >= 0.6 is 0 Å². The Labute approximate surface area is 275 Å². The zero-order chi connectivity index (χ0) is 34.4. The predicted octanol–water partition coefficient (Wildman–Crippen LogP) is 3.72. The second-order valence-corrected chi connectivity index (χ2v) is 12.0. The van der Waals surface area contributed by atoms with Crippen molar-refractivity contribution < 1.29 is 38.6 Å². The van der Waals surface area contributed by atoms with Crippen molar-refractivity contribution in [2.24, 2.45) is 0 Å². The van der Waals surface area contributed by atoms with E-state index >= 15 is 0 Å². The highest BCUT2D eigenvalue weighted by Gasteiger charge is 2.40. The molecule has 0 aromatic heterocycles. The molecule has 3 N–H and O–H groups in total. The molecule has 3 aromatic carbocycles. The van der Waals surface area contributed by atoms with Gasteiger partial charge in [-0.05, 0) is 44.4 Å². The number of ether oxygens (including phenoxy) is 2. The van der Waals surface area contributed by atoms with Crippen LogP contribution in [0, 0.1) is 0 Å². The van der Waals surface area contributed by atoms with Crippen LogP contribution in [-0.4, -0.2) is 70.1 Å². The Balaban J connectivity index is 1.96.